The van der Waals surface area contributed by atoms with Crippen molar-refractivity contribution in [1.82, 2.24) is 25.1 Å². The van der Waals surface area contributed by atoms with Crippen molar-refractivity contribution in [3.8, 4) is 11.4 Å². The summed E-state index contributed by atoms with van der Waals surface area (Å²) >= 11 is 1.32. The minimum atomic E-state index is -0.305. The first-order valence-corrected chi connectivity index (χ1v) is 10.9. The van der Waals surface area contributed by atoms with Crippen molar-refractivity contribution in [2.75, 3.05) is 12.4 Å². The average Bonchev–Trinajstić information content (AvgIpc) is 3.19. The molecule has 30 heavy (non-hydrogen) atoms. The van der Waals surface area contributed by atoms with Crippen molar-refractivity contribution in [1.29, 1.82) is 0 Å². The highest BCUT2D eigenvalue weighted by Gasteiger charge is 2.27. The maximum atomic E-state index is 13.1. The Morgan fingerprint density at radius 1 is 1.10 bits per heavy atom. The van der Waals surface area contributed by atoms with Gasteiger partial charge in [0.2, 0.25) is 11.1 Å². The first kappa shape index (κ1) is 21.8. The Morgan fingerprint density at radius 3 is 2.50 bits per heavy atom. The third-order valence-electron chi connectivity index (χ3n) is 4.45. The maximum absolute atomic E-state index is 13.1. The molecule has 0 spiro atoms. The molecule has 3 rings (SSSR count). The number of carbonyl (C=O) groups is 1. The summed E-state index contributed by atoms with van der Waals surface area (Å²) in [4.78, 5) is 15.0. The van der Waals surface area contributed by atoms with Crippen molar-refractivity contribution in [3.63, 3.8) is 0 Å². The van der Waals surface area contributed by atoms with Crippen LogP contribution >= 0.6 is 11.8 Å². The van der Waals surface area contributed by atoms with Gasteiger partial charge in [-0.25, -0.2) is 0 Å². The lowest BCUT2D eigenvalue weighted by atomic mass is 10.0. The smallest absolute Gasteiger partial charge is 0.233 e. The largest absolute Gasteiger partial charge is 0.492 e. The van der Waals surface area contributed by atoms with Crippen LogP contribution in [0.15, 0.2) is 59.8 Å². The highest BCUT2D eigenvalue weighted by atomic mass is 32.2. The van der Waals surface area contributed by atoms with E-state index in [1.807, 2.05) is 87.2 Å². The van der Waals surface area contributed by atoms with Crippen molar-refractivity contribution >= 4 is 17.7 Å². The van der Waals surface area contributed by atoms with Crippen LogP contribution in [0.2, 0.25) is 0 Å². The number of rotatable bonds is 8. The molecular formula is C22H27N5O2S. The van der Waals surface area contributed by atoms with Crippen molar-refractivity contribution in [2.24, 2.45) is 0 Å². The van der Waals surface area contributed by atoms with Gasteiger partial charge < -0.3 is 9.64 Å². The summed E-state index contributed by atoms with van der Waals surface area (Å²) in [6.45, 7) is 9.16. The van der Waals surface area contributed by atoms with Crippen LogP contribution in [0.1, 0.15) is 33.3 Å². The number of aromatic nitrogens is 4. The number of carbonyl (C=O) groups excluding carboxylic acids is 1. The van der Waals surface area contributed by atoms with Crippen LogP contribution in [0.4, 0.5) is 0 Å². The molecule has 0 saturated heterocycles. The SMILES string of the molecule is CCOc1ccccc1-n1nnnc1SCC(=O)N(Cc1ccccc1)C(C)(C)C. The van der Waals surface area contributed by atoms with E-state index in [1.54, 1.807) is 4.68 Å². The van der Waals surface area contributed by atoms with Gasteiger partial charge in [0.05, 0.1) is 12.4 Å². The number of nitrogens with zero attached hydrogens (tertiary/aromatic N) is 5. The van der Waals surface area contributed by atoms with Crippen LogP contribution in [0.3, 0.4) is 0 Å². The second-order valence-electron chi connectivity index (χ2n) is 7.70. The molecule has 2 aromatic carbocycles. The van der Waals surface area contributed by atoms with Crippen LogP contribution in [-0.4, -0.2) is 48.9 Å². The molecule has 7 nitrogen and oxygen atoms in total. The van der Waals surface area contributed by atoms with Gasteiger partial charge in [-0.2, -0.15) is 4.68 Å². The lowest BCUT2D eigenvalue weighted by Gasteiger charge is -2.36. The monoisotopic (exact) mass is 425 g/mol. The zero-order chi connectivity index (χ0) is 21.6. The van der Waals surface area contributed by atoms with Crippen molar-refractivity contribution in [3.05, 3.63) is 60.2 Å². The molecule has 0 fully saturated rings. The number of para-hydroxylation sites is 2. The summed E-state index contributed by atoms with van der Waals surface area (Å²) in [5.74, 6) is 0.964. The lowest BCUT2D eigenvalue weighted by Crippen LogP contribution is -2.45. The summed E-state index contributed by atoms with van der Waals surface area (Å²) in [5, 5.41) is 12.6. The summed E-state index contributed by atoms with van der Waals surface area (Å²) in [6, 6.07) is 17.6. The Bertz CT molecular complexity index is 969. The Kier molecular flexibility index (Phi) is 7.10. The predicted octanol–water partition coefficient (Wildman–Crippen LogP) is 3.98. The van der Waals surface area contributed by atoms with E-state index in [9.17, 15) is 4.79 Å². The van der Waals surface area contributed by atoms with Gasteiger partial charge in [0.25, 0.3) is 0 Å². The molecule has 0 bridgehead atoms. The Labute approximate surface area is 181 Å². The summed E-state index contributed by atoms with van der Waals surface area (Å²) in [5.41, 5.74) is 1.54. The second-order valence-corrected chi connectivity index (χ2v) is 8.64. The van der Waals surface area contributed by atoms with Gasteiger partial charge in [-0.15, -0.1) is 5.10 Å². The molecule has 1 amide bonds. The van der Waals surface area contributed by atoms with Crippen LogP contribution in [-0.2, 0) is 11.3 Å². The Hall–Kier alpha value is -2.87. The topological polar surface area (TPSA) is 73.1 Å². The molecule has 0 radical (unpaired) electrons. The number of amides is 1. The molecule has 0 aliphatic heterocycles. The van der Waals surface area contributed by atoms with Crippen LogP contribution < -0.4 is 4.74 Å². The molecule has 0 saturated carbocycles. The first-order chi connectivity index (χ1) is 14.4. The van der Waals surface area contributed by atoms with Gasteiger partial charge in [-0.05, 0) is 55.8 Å². The number of ether oxygens (including phenoxy) is 1. The van der Waals surface area contributed by atoms with Crippen LogP contribution in [0, 0.1) is 0 Å². The molecule has 8 heteroatoms. The molecular weight excluding hydrogens is 398 g/mol. The van der Waals surface area contributed by atoms with E-state index >= 15 is 0 Å². The van der Waals surface area contributed by atoms with Gasteiger partial charge in [-0.3, -0.25) is 4.79 Å². The molecule has 1 heterocycles. The van der Waals surface area contributed by atoms with E-state index in [1.165, 1.54) is 11.8 Å². The second kappa shape index (κ2) is 9.75. The molecule has 158 valence electrons. The maximum Gasteiger partial charge on any atom is 0.233 e. The number of tetrazole rings is 1. The minimum absolute atomic E-state index is 0.0315. The third-order valence-corrected chi connectivity index (χ3v) is 5.36. The van der Waals surface area contributed by atoms with E-state index in [0.29, 0.717) is 24.1 Å². The first-order valence-electron chi connectivity index (χ1n) is 9.88. The lowest BCUT2D eigenvalue weighted by molar-refractivity contribution is -0.133. The molecule has 3 aromatic rings. The fourth-order valence-electron chi connectivity index (χ4n) is 3.00. The predicted molar refractivity (Wildman–Crippen MR) is 118 cm³/mol. The van der Waals surface area contributed by atoms with Gasteiger partial charge in [0.1, 0.15) is 11.4 Å². The standard InChI is InChI=1S/C22H27N5O2S/c1-5-29-19-14-10-9-13-18(19)27-21(23-24-25-27)30-16-20(28)26(22(2,3)4)15-17-11-7-6-8-12-17/h6-14H,5,15-16H2,1-4H3. The molecule has 0 N–H and O–H groups in total. The fourth-order valence-corrected chi connectivity index (χ4v) is 3.76. The molecule has 0 unspecified atom stereocenters. The highest BCUT2D eigenvalue weighted by Crippen LogP contribution is 2.27. The average molecular weight is 426 g/mol. The van der Waals surface area contributed by atoms with E-state index in [-0.39, 0.29) is 17.2 Å². The fraction of sp³-hybridized carbons (Fsp3) is 0.364. The zero-order valence-electron chi connectivity index (χ0n) is 17.8. The highest BCUT2D eigenvalue weighted by molar-refractivity contribution is 7.99. The van der Waals surface area contributed by atoms with E-state index in [0.717, 1.165) is 11.3 Å². The van der Waals surface area contributed by atoms with Crippen LogP contribution in [0.25, 0.3) is 5.69 Å². The number of benzene rings is 2. The normalized spacial score (nSPS) is 11.3. The zero-order valence-corrected chi connectivity index (χ0v) is 18.6. The molecule has 1 aromatic heterocycles. The quantitative estimate of drug-likeness (QED) is 0.508. The molecule has 0 aliphatic rings. The third kappa shape index (κ3) is 5.38. The van der Waals surface area contributed by atoms with E-state index in [2.05, 4.69) is 15.5 Å². The van der Waals surface area contributed by atoms with E-state index in [4.69, 9.17) is 4.74 Å². The van der Waals surface area contributed by atoms with Crippen molar-refractivity contribution in [2.45, 2.75) is 44.9 Å². The summed E-state index contributed by atoms with van der Waals surface area (Å²) in [7, 11) is 0. The minimum Gasteiger partial charge on any atom is -0.492 e. The van der Waals surface area contributed by atoms with Crippen molar-refractivity contribution < 1.29 is 9.53 Å². The van der Waals surface area contributed by atoms with Gasteiger partial charge >= 0.3 is 0 Å². The molecule has 0 aliphatic carbocycles. The summed E-state index contributed by atoms with van der Waals surface area (Å²) in [6.07, 6.45) is 0. The Balaban J connectivity index is 1.75. The number of thioether (sulfide) groups is 1. The molecule has 0 atom stereocenters. The van der Waals surface area contributed by atoms with Gasteiger partial charge in [0.15, 0.2) is 0 Å². The van der Waals surface area contributed by atoms with E-state index < -0.39 is 0 Å². The number of hydrogen-bond acceptors (Lipinski definition) is 6. The number of hydrogen-bond donors (Lipinski definition) is 0. The van der Waals surface area contributed by atoms with Crippen LogP contribution in [0.5, 0.6) is 5.75 Å². The summed E-state index contributed by atoms with van der Waals surface area (Å²) < 4.78 is 7.30. The van der Waals surface area contributed by atoms with Gasteiger partial charge in [-0.1, -0.05) is 54.2 Å². The van der Waals surface area contributed by atoms with Gasteiger partial charge in [0, 0.05) is 12.1 Å². The Morgan fingerprint density at radius 2 is 1.80 bits per heavy atom.